The van der Waals surface area contributed by atoms with Gasteiger partial charge in [-0.1, -0.05) is 18.2 Å². The summed E-state index contributed by atoms with van der Waals surface area (Å²) in [6.45, 7) is 6.63. The summed E-state index contributed by atoms with van der Waals surface area (Å²) in [5.74, 6) is 1.59. The van der Waals surface area contributed by atoms with Gasteiger partial charge in [0.1, 0.15) is 24.3 Å². The van der Waals surface area contributed by atoms with Crippen LogP contribution in [0, 0.1) is 13.8 Å². The minimum Gasteiger partial charge on any atom is -0.490 e. The van der Waals surface area contributed by atoms with Crippen LogP contribution in [0.5, 0.6) is 5.75 Å². The smallest absolute Gasteiger partial charge is 0.345 e. The maximum atomic E-state index is 11.8. The van der Waals surface area contributed by atoms with E-state index in [4.69, 9.17) is 4.74 Å². The molecule has 7 nitrogen and oxygen atoms in total. The molecule has 0 amide bonds. The number of β-amino-alcohol motifs (C(OH)–C–C–N with tert-alkyl or cyclic N) is 1. The number of benzene rings is 1. The fourth-order valence-electron chi connectivity index (χ4n) is 3.13. The summed E-state index contributed by atoms with van der Waals surface area (Å²) in [7, 11) is 1.66. The van der Waals surface area contributed by atoms with Gasteiger partial charge in [-0.25, -0.2) is 9.48 Å². The third kappa shape index (κ3) is 3.37. The van der Waals surface area contributed by atoms with E-state index < -0.39 is 6.10 Å². The Kier molecular flexibility index (Phi) is 4.73. The number of nitrogens with zero attached hydrogens (tertiary/aromatic N) is 4. The first-order chi connectivity index (χ1) is 11.5. The minimum atomic E-state index is -0.592. The minimum absolute atomic E-state index is 0.0800. The predicted octanol–water partition coefficient (Wildman–Crippen LogP) is 0.454. The van der Waals surface area contributed by atoms with E-state index in [1.165, 1.54) is 4.68 Å². The molecule has 1 unspecified atom stereocenters. The van der Waals surface area contributed by atoms with E-state index in [1.807, 2.05) is 32.0 Å². The van der Waals surface area contributed by atoms with Gasteiger partial charge >= 0.3 is 5.69 Å². The van der Waals surface area contributed by atoms with Crippen molar-refractivity contribution in [2.45, 2.75) is 33.0 Å². The lowest BCUT2D eigenvalue weighted by molar-refractivity contribution is 0.0577. The standard InChI is InChI=1S/C17H24N4O3/c1-12-5-4-6-13(2)16(12)24-11-14(22)9-20-7-8-21-15(10-20)18-19(3)17(21)23/h4-6,14,22H,7-11H2,1-3H3. The van der Waals surface area contributed by atoms with Crippen LogP contribution in [-0.2, 0) is 20.1 Å². The molecular formula is C17H24N4O3. The molecule has 0 saturated heterocycles. The lowest BCUT2D eigenvalue weighted by atomic mass is 10.1. The van der Waals surface area contributed by atoms with Gasteiger partial charge in [0.15, 0.2) is 0 Å². The maximum absolute atomic E-state index is 11.8. The molecule has 7 heteroatoms. The van der Waals surface area contributed by atoms with Crippen molar-refractivity contribution >= 4 is 0 Å². The number of rotatable bonds is 5. The molecule has 2 aromatic rings. The van der Waals surface area contributed by atoms with Crippen molar-refractivity contribution in [3.8, 4) is 5.75 Å². The van der Waals surface area contributed by atoms with Crippen molar-refractivity contribution in [1.82, 2.24) is 19.2 Å². The molecule has 1 atom stereocenters. The number of ether oxygens (including phenoxy) is 1. The Morgan fingerprint density at radius 2 is 2.00 bits per heavy atom. The van der Waals surface area contributed by atoms with Crippen LogP contribution < -0.4 is 10.4 Å². The Labute approximate surface area is 141 Å². The molecule has 1 aliphatic rings. The molecule has 0 aliphatic carbocycles. The molecule has 3 rings (SSSR count). The van der Waals surface area contributed by atoms with E-state index >= 15 is 0 Å². The summed E-state index contributed by atoms with van der Waals surface area (Å²) in [5.41, 5.74) is 2.05. The first-order valence-corrected chi connectivity index (χ1v) is 8.18. The second-order valence-corrected chi connectivity index (χ2v) is 6.39. The van der Waals surface area contributed by atoms with E-state index in [9.17, 15) is 9.90 Å². The average molecular weight is 332 g/mol. The van der Waals surface area contributed by atoms with E-state index in [0.717, 1.165) is 29.2 Å². The SMILES string of the molecule is Cc1cccc(C)c1OCC(O)CN1CCn2c(nn(C)c2=O)C1. The number of aryl methyl sites for hydroxylation is 3. The zero-order valence-electron chi connectivity index (χ0n) is 14.4. The molecule has 0 radical (unpaired) electrons. The normalized spacial score (nSPS) is 16.0. The second-order valence-electron chi connectivity index (χ2n) is 6.39. The highest BCUT2D eigenvalue weighted by molar-refractivity contribution is 5.39. The third-order valence-electron chi connectivity index (χ3n) is 4.39. The Morgan fingerprint density at radius 1 is 1.29 bits per heavy atom. The van der Waals surface area contributed by atoms with Crippen LogP contribution in [0.2, 0.25) is 0 Å². The molecule has 0 saturated carbocycles. The lowest BCUT2D eigenvalue weighted by Crippen LogP contribution is -2.42. The Hall–Kier alpha value is -2.12. The molecule has 1 aromatic carbocycles. The fraction of sp³-hybridized carbons (Fsp3) is 0.529. The number of aromatic nitrogens is 3. The van der Waals surface area contributed by atoms with Crippen molar-refractivity contribution in [3.05, 3.63) is 45.6 Å². The van der Waals surface area contributed by atoms with Gasteiger partial charge in [-0.3, -0.25) is 9.47 Å². The van der Waals surface area contributed by atoms with Crippen molar-refractivity contribution in [1.29, 1.82) is 0 Å². The number of fused-ring (bicyclic) bond motifs is 1. The first kappa shape index (κ1) is 16.7. The van der Waals surface area contributed by atoms with E-state index in [0.29, 0.717) is 19.6 Å². The summed E-state index contributed by atoms with van der Waals surface area (Å²) >= 11 is 0. The second kappa shape index (κ2) is 6.78. The van der Waals surface area contributed by atoms with Crippen molar-refractivity contribution < 1.29 is 9.84 Å². The van der Waals surface area contributed by atoms with Gasteiger partial charge in [0.05, 0.1) is 6.54 Å². The molecule has 1 aliphatic heterocycles. The molecule has 1 aromatic heterocycles. The van der Waals surface area contributed by atoms with Crippen LogP contribution in [0.15, 0.2) is 23.0 Å². The highest BCUT2D eigenvalue weighted by Crippen LogP contribution is 2.22. The zero-order valence-corrected chi connectivity index (χ0v) is 14.4. The molecule has 0 spiro atoms. The molecule has 130 valence electrons. The predicted molar refractivity (Wildman–Crippen MR) is 90.2 cm³/mol. The molecule has 1 N–H and O–H groups in total. The largest absolute Gasteiger partial charge is 0.490 e. The van der Waals surface area contributed by atoms with Gasteiger partial charge in [0, 0.05) is 26.7 Å². The number of aliphatic hydroxyl groups is 1. The van der Waals surface area contributed by atoms with Gasteiger partial charge in [-0.2, -0.15) is 5.10 Å². The first-order valence-electron chi connectivity index (χ1n) is 8.18. The van der Waals surface area contributed by atoms with Crippen molar-refractivity contribution in [2.24, 2.45) is 7.05 Å². The van der Waals surface area contributed by atoms with E-state index in [1.54, 1.807) is 11.6 Å². The summed E-state index contributed by atoms with van der Waals surface area (Å²) in [5, 5.41) is 14.5. The van der Waals surface area contributed by atoms with Gasteiger partial charge in [0.2, 0.25) is 0 Å². The van der Waals surface area contributed by atoms with Gasteiger partial charge in [0.25, 0.3) is 0 Å². The highest BCUT2D eigenvalue weighted by Gasteiger charge is 2.22. The molecule has 0 bridgehead atoms. The Balaban J connectivity index is 1.56. The Bertz CT molecular complexity index is 760. The van der Waals surface area contributed by atoms with Crippen molar-refractivity contribution in [3.63, 3.8) is 0 Å². The summed E-state index contributed by atoms with van der Waals surface area (Å²) in [4.78, 5) is 13.9. The summed E-state index contributed by atoms with van der Waals surface area (Å²) in [6, 6.07) is 5.99. The van der Waals surface area contributed by atoms with Crippen LogP contribution in [-0.4, -0.2) is 50.2 Å². The van der Waals surface area contributed by atoms with Crippen LogP contribution >= 0.6 is 0 Å². The van der Waals surface area contributed by atoms with E-state index in [-0.39, 0.29) is 12.3 Å². The molecular weight excluding hydrogens is 308 g/mol. The van der Waals surface area contributed by atoms with Crippen LogP contribution in [0.3, 0.4) is 0 Å². The average Bonchev–Trinajstić information content (AvgIpc) is 2.81. The summed E-state index contributed by atoms with van der Waals surface area (Å²) in [6.07, 6.45) is -0.592. The van der Waals surface area contributed by atoms with Crippen molar-refractivity contribution in [2.75, 3.05) is 19.7 Å². The summed E-state index contributed by atoms with van der Waals surface area (Å²) < 4.78 is 8.86. The topological polar surface area (TPSA) is 72.5 Å². The van der Waals surface area contributed by atoms with Gasteiger partial charge < -0.3 is 9.84 Å². The van der Waals surface area contributed by atoms with Gasteiger partial charge in [-0.15, -0.1) is 0 Å². The third-order valence-corrected chi connectivity index (χ3v) is 4.39. The molecule has 24 heavy (non-hydrogen) atoms. The highest BCUT2D eigenvalue weighted by atomic mass is 16.5. The van der Waals surface area contributed by atoms with Crippen LogP contribution in [0.25, 0.3) is 0 Å². The van der Waals surface area contributed by atoms with E-state index in [2.05, 4.69) is 10.00 Å². The van der Waals surface area contributed by atoms with Crippen LogP contribution in [0.1, 0.15) is 17.0 Å². The zero-order chi connectivity index (χ0) is 17.3. The Morgan fingerprint density at radius 3 is 2.71 bits per heavy atom. The van der Waals surface area contributed by atoms with Crippen LogP contribution in [0.4, 0.5) is 0 Å². The lowest BCUT2D eigenvalue weighted by Gasteiger charge is -2.28. The number of hydrogen-bond donors (Lipinski definition) is 1. The fourth-order valence-corrected chi connectivity index (χ4v) is 3.13. The maximum Gasteiger partial charge on any atom is 0.345 e. The van der Waals surface area contributed by atoms with Gasteiger partial charge in [-0.05, 0) is 25.0 Å². The molecule has 2 heterocycles. The molecule has 0 fully saturated rings. The number of para-hydroxylation sites is 1. The number of aliphatic hydroxyl groups excluding tert-OH is 1. The number of hydrogen-bond acceptors (Lipinski definition) is 5. The monoisotopic (exact) mass is 332 g/mol. The quantitative estimate of drug-likeness (QED) is 0.861.